The van der Waals surface area contributed by atoms with Crippen LogP contribution in [-0.2, 0) is 9.59 Å². The lowest BCUT2D eigenvalue weighted by molar-refractivity contribution is -0.113. The van der Waals surface area contributed by atoms with E-state index < -0.39 is 5.91 Å². The molecule has 0 spiro atoms. The molecule has 0 aliphatic carbocycles. The molecule has 4 nitrogen and oxygen atoms in total. The Bertz CT molecular complexity index is 582. The molecule has 2 aromatic rings. The van der Waals surface area contributed by atoms with Crippen molar-refractivity contribution in [1.29, 1.82) is 0 Å². The summed E-state index contributed by atoms with van der Waals surface area (Å²) >= 11 is 0. The van der Waals surface area contributed by atoms with E-state index in [1.807, 2.05) is 24.3 Å². The number of carbonyl (C=O) groups is 2. The summed E-state index contributed by atoms with van der Waals surface area (Å²) < 4.78 is 1.47. The third-order valence-electron chi connectivity index (χ3n) is 2.31. The molecule has 0 fully saturated rings. The van der Waals surface area contributed by atoms with Crippen molar-refractivity contribution in [3.63, 3.8) is 0 Å². The van der Waals surface area contributed by atoms with E-state index in [0.29, 0.717) is 0 Å². The zero-order chi connectivity index (χ0) is 11.5. The van der Waals surface area contributed by atoms with Crippen molar-refractivity contribution in [2.24, 2.45) is 5.73 Å². The number of primary amides is 1. The van der Waals surface area contributed by atoms with E-state index >= 15 is 0 Å². The first-order valence-corrected chi connectivity index (χ1v) is 4.75. The van der Waals surface area contributed by atoms with Gasteiger partial charge in [0.15, 0.2) is 0 Å². The van der Waals surface area contributed by atoms with Gasteiger partial charge >= 0.3 is 0 Å². The molecular formula is C12H10N2O2. The second-order valence-electron chi connectivity index (χ2n) is 3.35. The fourth-order valence-electron chi connectivity index (χ4n) is 1.62. The van der Waals surface area contributed by atoms with E-state index in [1.165, 1.54) is 10.6 Å². The number of benzene rings is 1. The topological polar surface area (TPSA) is 65.1 Å². The Morgan fingerprint density at radius 1 is 1.31 bits per heavy atom. The van der Waals surface area contributed by atoms with Gasteiger partial charge in [-0.2, -0.15) is 0 Å². The first kappa shape index (κ1) is 10.2. The molecular weight excluding hydrogens is 204 g/mol. The highest BCUT2D eigenvalue weighted by Gasteiger charge is 2.04. The first-order valence-electron chi connectivity index (χ1n) is 4.75. The number of aromatic nitrogens is 1. The van der Waals surface area contributed by atoms with Crippen molar-refractivity contribution in [1.82, 2.24) is 4.57 Å². The van der Waals surface area contributed by atoms with Crippen molar-refractivity contribution in [3.8, 4) is 0 Å². The van der Waals surface area contributed by atoms with Crippen LogP contribution in [0.1, 0.15) is 5.56 Å². The van der Waals surface area contributed by atoms with E-state index in [9.17, 15) is 9.59 Å². The minimum Gasteiger partial charge on any atom is -0.366 e. The summed E-state index contributed by atoms with van der Waals surface area (Å²) in [6, 6.07) is 7.45. The van der Waals surface area contributed by atoms with Gasteiger partial charge < -0.3 is 5.73 Å². The molecule has 0 aliphatic rings. The molecule has 1 aromatic carbocycles. The fourth-order valence-corrected chi connectivity index (χ4v) is 1.62. The van der Waals surface area contributed by atoms with Gasteiger partial charge in [-0.25, -0.2) is 0 Å². The molecule has 0 unspecified atom stereocenters. The van der Waals surface area contributed by atoms with Crippen molar-refractivity contribution in [2.45, 2.75) is 0 Å². The van der Waals surface area contributed by atoms with Crippen LogP contribution in [0.15, 0.2) is 36.5 Å². The number of hydrogen-bond donors (Lipinski definition) is 1. The number of carbonyl (C=O) groups excluding carboxylic acids is 2. The Hall–Kier alpha value is -2.36. The maximum atomic E-state index is 10.8. The van der Waals surface area contributed by atoms with E-state index in [1.54, 1.807) is 12.3 Å². The highest BCUT2D eigenvalue weighted by molar-refractivity contribution is 5.97. The molecule has 16 heavy (non-hydrogen) atoms. The molecule has 1 aromatic heterocycles. The van der Waals surface area contributed by atoms with Gasteiger partial charge in [0.2, 0.25) is 12.3 Å². The van der Waals surface area contributed by atoms with Crippen molar-refractivity contribution in [3.05, 3.63) is 42.1 Å². The second-order valence-corrected chi connectivity index (χ2v) is 3.35. The van der Waals surface area contributed by atoms with E-state index in [0.717, 1.165) is 22.9 Å². The van der Waals surface area contributed by atoms with Crippen LogP contribution in [0, 0.1) is 0 Å². The van der Waals surface area contributed by atoms with Crippen LogP contribution in [0.3, 0.4) is 0 Å². The van der Waals surface area contributed by atoms with E-state index in [4.69, 9.17) is 5.73 Å². The molecule has 1 amide bonds. The molecule has 0 radical (unpaired) electrons. The van der Waals surface area contributed by atoms with Crippen LogP contribution in [0.4, 0.5) is 0 Å². The molecule has 80 valence electrons. The Kier molecular flexibility index (Phi) is 2.55. The Morgan fingerprint density at radius 2 is 2.06 bits per heavy atom. The summed E-state index contributed by atoms with van der Waals surface area (Å²) in [6.07, 6.45) is 5.27. The van der Waals surface area contributed by atoms with Crippen LogP contribution < -0.4 is 5.73 Å². The van der Waals surface area contributed by atoms with Gasteiger partial charge in [0.1, 0.15) is 0 Å². The molecule has 0 bridgehead atoms. The van der Waals surface area contributed by atoms with Crippen LogP contribution in [0.5, 0.6) is 0 Å². The van der Waals surface area contributed by atoms with Crippen molar-refractivity contribution in [2.75, 3.05) is 0 Å². The number of fused-ring (bicyclic) bond motifs is 1. The minimum absolute atomic E-state index is 0.511. The van der Waals surface area contributed by atoms with Crippen LogP contribution in [0.25, 0.3) is 17.0 Å². The average Bonchev–Trinajstić information content (AvgIpc) is 2.65. The van der Waals surface area contributed by atoms with Gasteiger partial charge in [-0.3, -0.25) is 14.2 Å². The maximum Gasteiger partial charge on any atom is 0.241 e. The standard InChI is InChI=1S/C12H10N2O2/c13-12(16)6-5-9-7-14(8-15)11-4-2-1-3-10(9)11/h1-8H,(H2,13,16)/b6-5+. The van der Waals surface area contributed by atoms with Gasteiger partial charge in [-0.05, 0) is 12.1 Å². The highest BCUT2D eigenvalue weighted by atomic mass is 16.1. The third-order valence-corrected chi connectivity index (χ3v) is 2.31. The molecule has 0 saturated heterocycles. The lowest BCUT2D eigenvalue weighted by atomic mass is 10.1. The van der Waals surface area contributed by atoms with Crippen molar-refractivity contribution < 1.29 is 9.59 Å². The lowest BCUT2D eigenvalue weighted by Crippen LogP contribution is -2.04. The number of amides is 1. The Balaban J connectivity index is 2.62. The predicted octanol–water partition coefficient (Wildman–Crippen LogP) is 1.18. The van der Waals surface area contributed by atoms with Gasteiger partial charge in [-0.15, -0.1) is 0 Å². The summed E-state index contributed by atoms with van der Waals surface area (Å²) in [6.45, 7) is 0. The van der Waals surface area contributed by atoms with Crippen LogP contribution in [0.2, 0.25) is 0 Å². The number of hydrogen-bond acceptors (Lipinski definition) is 2. The summed E-state index contributed by atoms with van der Waals surface area (Å²) in [4.78, 5) is 21.5. The second kappa shape index (κ2) is 4.02. The Morgan fingerprint density at radius 3 is 2.75 bits per heavy atom. The summed E-state index contributed by atoms with van der Waals surface area (Å²) in [5.41, 5.74) is 6.62. The summed E-state index contributed by atoms with van der Waals surface area (Å²) in [5.74, 6) is -0.511. The van der Waals surface area contributed by atoms with E-state index in [-0.39, 0.29) is 0 Å². The predicted molar refractivity (Wildman–Crippen MR) is 62.3 cm³/mol. The lowest BCUT2D eigenvalue weighted by Gasteiger charge is -1.92. The molecule has 0 aliphatic heterocycles. The normalized spacial score (nSPS) is 11.0. The largest absolute Gasteiger partial charge is 0.366 e. The number of rotatable bonds is 3. The van der Waals surface area contributed by atoms with Crippen LogP contribution >= 0.6 is 0 Å². The number of nitrogens with two attached hydrogens (primary N) is 1. The van der Waals surface area contributed by atoms with E-state index in [2.05, 4.69) is 0 Å². The molecule has 1 heterocycles. The van der Waals surface area contributed by atoms with Gasteiger partial charge in [-0.1, -0.05) is 18.2 Å². The molecule has 2 rings (SSSR count). The molecule has 4 heteroatoms. The zero-order valence-corrected chi connectivity index (χ0v) is 8.46. The van der Waals surface area contributed by atoms with Gasteiger partial charge in [0.05, 0.1) is 5.52 Å². The average molecular weight is 214 g/mol. The number of nitrogens with zero attached hydrogens (tertiary/aromatic N) is 1. The SMILES string of the molecule is NC(=O)/C=C/c1cn(C=O)c2ccccc12. The smallest absolute Gasteiger partial charge is 0.241 e. The molecule has 0 saturated carbocycles. The fraction of sp³-hybridized carbons (Fsp3) is 0. The zero-order valence-electron chi connectivity index (χ0n) is 8.46. The highest BCUT2D eigenvalue weighted by Crippen LogP contribution is 2.21. The molecule has 2 N–H and O–H groups in total. The maximum absolute atomic E-state index is 10.8. The number of para-hydroxylation sites is 1. The van der Waals surface area contributed by atoms with Crippen LogP contribution in [-0.4, -0.2) is 16.9 Å². The third kappa shape index (κ3) is 1.72. The first-order chi connectivity index (χ1) is 7.72. The van der Waals surface area contributed by atoms with Gasteiger partial charge in [0.25, 0.3) is 0 Å². The Labute approximate surface area is 92.0 Å². The summed E-state index contributed by atoms with van der Waals surface area (Å²) in [5, 5.41) is 0.909. The summed E-state index contributed by atoms with van der Waals surface area (Å²) in [7, 11) is 0. The monoisotopic (exact) mass is 214 g/mol. The van der Waals surface area contributed by atoms with Crippen molar-refractivity contribution >= 4 is 29.3 Å². The molecule has 0 atom stereocenters. The quantitative estimate of drug-likeness (QED) is 0.615. The van der Waals surface area contributed by atoms with Gasteiger partial charge in [0, 0.05) is 23.2 Å². The minimum atomic E-state index is -0.511.